The molecular formula is C18H26N4S. The van der Waals surface area contributed by atoms with E-state index in [-0.39, 0.29) is 6.04 Å². The maximum absolute atomic E-state index is 4.42. The number of benzene rings is 1. The maximum atomic E-state index is 4.42. The molecule has 0 saturated heterocycles. The first-order chi connectivity index (χ1) is 11.2. The Labute approximate surface area is 143 Å². The number of nitrogens with zero attached hydrogens (tertiary/aromatic N) is 2. The van der Waals surface area contributed by atoms with Crippen LogP contribution in [0.4, 0.5) is 0 Å². The molecule has 124 valence electrons. The van der Waals surface area contributed by atoms with Gasteiger partial charge in [0.25, 0.3) is 0 Å². The van der Waals surface area contributed by atoms with Gasteiger partial charge in [-0.25, -0.2) is 4.98 Å². The Morgan fingerprint density at radius 3 is 2.52 bits per heavy atom. The highest BCUT2D eigenvalue weighted by Crippen LogP contribution is 2.14. The highest BCUT2D eigenvalue weighted by Gasteiger charge is 2.08. The van der Waals surface area contributed by atoms with E-state index in [1.54, 1.807) is 18.4 Å². The standard InChI is InChI=1S/C18H26N4S/c1-5-14-7-9-15(10-8-14)13(3)22-18(19-4)21-12-17-20-11-16(6-2)23-17/h7-11,13H,5-6,12H2,1-4H3,(H2,19,21,22). The summed E-state index contributed by atoms with van der Waals surface area (Å²) in [5.74, 6) is 0.797. The van der Waals surface area contributed by atoms with Gasteiger partial charge in [-0.05, 0) is 30.9 Å². The van der Waals surface area contributed by atoms with Crippen LogP contribution in [0.1, 0.15) is 47.8 Å². The van der Waals surface area contributed by atoms with E-state index in [9.17, 15) is 0 Å². The second kappa shape index (κ2) is 8.67. The van der Waals surface area contributed by atoms with Crippen molar-refractivity contribution >= 4 is 17.3 Å². The summed E-state index contributed by atoms with van der Waals surface area (Å²) < 4.78 is 0. The number of rotatable bonds is 6. The van der Waals surface area contributed by atoms with E-state index in [0.29, 0.717) is 6.54 Å². The molecule has 23 heavy (non-hydrogen) atoms. The molecule has 0 aliphatic carbocycles. The Balaban J connectivity index is 1.90. The van der Waals surface area contributed by atoms with E-state index in [2.05, 4.69) is 65.6 Å². The van der Waals surface area contributed by atoms with Gasteiger partial charge in [0.2, 0.25) is 0 Å². The van der Waals surface area contributed by atoms with Gasteiger partial charge in [0.15, 0.2) is 5.96 Å². The van der Waals surface area contributed by atoms with E-state index in [1.165, 1.54) is 16.0 Å². The molecule has 1 aromatic heterocycles. The minimum Gasteiger partial charge on any atom is -0.350 e. The zero-order chi connectivity index (χ0) is 16.7. The SMILES string of the molecule is CCc1ccc(C(C)NC(=NC)NCc2ncc(CC)s2)cc1. The molecule has 0 amide bonds. The van der Waals surface area contributed by atoms with E-state index < -0.39 is 0 Å². The van der Waals surface area contributed by atoms with E-state index in [0.717, 1.165) is 23.8 Å². The number of aryl methyl sites for hydroxylation is 2. The van der Waals surface area contributed by atoms with Crippen molar-refractivity contribution in [1.82, 2.24) is 15.6 Å². The molecule has 0 bridgehead atoms. The van der Waals surface area contributed by atoms with Crippen LogP contribution in [0.15, 0.2) is 35.5 Å². The Morgan fingerprint density at radius 1 is 1.22 bits per heavy atom. The zero-order valence-electron chi connectivity index (χ0n) is 14.4. The molecule has 0 aliphatic rings. The first kappa shape index (κ1) is 17.5. The number of hydrogen-bond donors (Lipinski definition) is 2. The minimum atomic E-state index is 0.203. The molecule has 2 aromatic rings. The topological polar surface area (TPSA) is 49.3 Å². The normalized spacial score (nSPS) is 13.0. The van der Waals surface area contributed by atoms with Gasteiger partial charge >= 0.3 is 0 Å². The largest absolute Gasteiger partial charge is 0.350 e. The van der Waals surface area contributed by atoms with Crippen LogP contribution >= 0.6 is 11.3 Å². The van der Waals surface area contributed by atoms with Crippen LogP contribution in [0.25, 0.3) is 0 Å². The van der Waals surface area contributed by atoms with E-state index in [1.807, 2.05) is 6.20 Å². The van der Waals surface area contributed by atoms with Crippen LogP contribution in [0.3, 0.4) is 0 Å². The number of hydrogen-bond acceptors (Lipinski definition) is 3. The molecule has 2 N–H and O–H groups in total. The Bertz CT molecular complexity index is 631. The van der Waals surface area contributed by atoms with Gasteiger partial charge in [-0.15, -0.1) is 11.3 Å². The minimum absolute atomic E-state index is 0.203. The van der Waals surface area contributed by atoms with Crippen LogP contribution < -0.4 is 10.6 Å². The molecule has 0 saturated carbocycles. The second-order valence-electron chi connectivity index (χ2n) is 5.46. The summed E-state index contributed by atoms with van der Waals surface area (Å²) >= 11 is 1.75. The lowest BCUT2D eigenvalue weighted by atomic mass is 10.1. The molecule has 1 aromatic carbocycles. The van der Waals surface area contributed by atoms with Crippen molar-refractivity contribution in [3.63, 3.8) is 0 Å². The van der Waals surface area contributed by atoms with Gasteiger partial charge in [-0.1, -0.05) is 38.1 Å². The molecule has 4 nitrogen and oxygen atoms in total. The van der Waals surface area contributed by atoms with Gasteiger partial charge in [0.1, 0.15) is 5.01 Å². The fourth-order valence-electron chi connectivity index (χ4n) is 2.28. The molecule has 0 fully saturated rings. The van der Waals surface area contributed by atoms with Crippen molar-refractivity contribution in [3.8, 4) is 0 Å². The number of aliphatic imine (C=N–C) groups is 1. The third-order valence-electron chi connectivity index (χ3n) is 3.82. The lowest BCUT2D eigenvalue weighted by Gasteiger charge is -2.18. The fraction of sp³-hybridized carbons (Fsp3) is 0.444. The van der Waals surface area contributed by atoms with Crippen molar-refractivity contribution in [3.05, 3.63) is 51.5 Å². The van der Waals surface area contributed by atoms with E-state index in [4.69, 9.17) is 0 Å². The number of thiazole rings is 1. The summed E-state index contributed by atoms with van der Waals surface area (Å²) in [5.41, 5.74) is 2.62. The molecule has 5 heteroatoms. The van der Waals surface area contributed by atoms with Gasteiger partial charge in [0.05, 0.1) is 12.6 Å². The molecule has 1 heterocycles. The molecule has 1 atom stereocenters. The predicted octanol–water partition coefficient (Wildman–Crippen LogP) is 3.69. The smallest absolute Gasteiger partial charge is 0.191 e. The summed E-state index contributed by atoms with van der Waals surface area (Å²) in [6, 6.07) is 8.93. The number of aromatic nitrogens is 1. The predicted molar refractivity (Wildman–Crippen MR) is 99.1 cm³/mol. The highest BCUT2D eigenvalue weighted by atomic mass is 32.1. The van der Waals surface area contributed by atoms with Gasteiger partial charge in [-0.2, -0.15) is 0 Å². The summed E-state index contributed by atoms with van der Waals surface area (Å²) in [5, 5.41) is 7.85. The quantitative estimate of drug-likeness (QED) is 0.627. The van der Waals surface area contributed by atoms with Crippen molar-refractivity contribution in [1.29, 1.82) is 0 Å². The molecule has 0 radical (unpaired) electrons. The van der Waals surface area contributed by atoms with E-state index >= 15 is 0 Å². The van der Waals surface area contributed by atoms with Crippen molar-refractivity contribution in [2.24, 2.45) is 4.99 Å². The zero-order valence-corrected chi connectivity index (χ0v) is 15.2. The van der Waals surface area contributed by atoms with Gasteiger partial charge in [-0.3, -0.25) is 4.99 Å². The summed E-state index contributed by atoms with van der Waals surface area (Å²) in [7, 11) is 1.79. The molecular weight excluding hydrogens is 304 g/mol. The third-order valence-corrected chi connectivity index (χ3v) is 4.96. The van der Waals surface area contributed by atoms with Gasteiger partial charge in [0, 0.05) is 18.1 Å². The van der Waals surface area contributed by atoms with Crippen LogP contribution in [0, 0.1) is 0 Å². The monoisotopic (exact) mass is 330 g/mol. The summed E-state index contributed by atoms with van der Waals surface area (Å²) in [6.45, 7) is 7.17. The fourth-order valence-corrected chi connectivity index (χ4v) is 3.08. The average molecular weight is 331 g/mol. The number of guanidine groups is 1. The van der Waals surface area contributed by atoms with Crippen LogP contribution in [-0.2, 0) is 19.4 Å². The summed E-state index contributed by atoms with van der Waals surface area (Å²) in [4.78, 5) is 10.0. The lowest BCUT2D eigenvalue weighted by molar-refractivity contribution is 0.684. The number of nitrogens with one attached hydrogen (secondary N) is 2. The Hall–Kier alpha value is -1.88. The van der Waals surface area contributed by atoms with Crippen LogP contribution in [0.5, 0.6) is 0 Å². The first-order valence-electron chi connectivity index (χ1n) is 8.15. The first-order valence-corrected chi connectivity index (χ1v) is 8.97. The Morgan fingerprint density at radius 2 is 1.96 bits per heavy atom. The molecule has 1 unspecified atom stereocenters. The molecule has 0 spiro atoms. The van der Waals surface area contributed by atoms with Crippen molar-refractivity contribution < 1.29 is 0 Å². The molecule has 0 aliphatic heterocycles. The molecule has 2 rings (SSSR count). The maximum Gasteiger partial charge on any atom is 0.191 e. The van der Waals surface area contributed by atoms with Crippen LogP contribution in [-0.4, -0.2) is 18.0 Å². The average Bonchev–Trinajstić information content (AvgIpc) is 3.06. The van der Waals surface area contributed by atoms with Crippen LogP contribution in [0.2, 0.25) is 0 Å². The van der Waals surface area contributed by atoms with Crippen molar-refractivity contribution in [2.45, 2.75) is 46.2 Å². The third kappa shape index (κ3) is 5.06. The second-order valence-corrected chi connectivity index (χ2v) is 6.66. The summed E-state index contributed by atoms with van der Waals surface area (Å²) in [6.07, 6.45) is 4.06. The van der Waals surface area contributed by atoms with Crippen molar-refractivity contribution in [2.75, 3.05) is 7.05 Å². The van der Waals surface area contributed by atoms with Gasteiger partial charge < -0.3 is 10.6 Å². The highest BCUT2D eigenvalue weighted by molar-refractivity contribution is 7.11. The Kier molecular flexibility index (Phi) is 6.59. The lowest BCUT2D eigenvalue weighted by Crippen LogP contribution is -2.38.